The normalized spacial score (nSPS) is 17.1. The van der Waals surface area contributed by atoms with Crippen LogP contribution in [0.1, 0.15) is 22.2 Å². The van der Waals surface area contributed by atoms with Crippen LogP contribution in [0, 0.1) is 0 Å². The Morgan fingerprint density at radius 1 is 1.25 bits per heavy atom. The molecule has 0 radical (unpaired) electrons. The molecule has 0 spiro atoms. The first kappa shape index (κ1) is 16.6. The van der Waals surface area contributed by atoms with Crippen LogP contribution in [0.5, 0.6) is 0 Å². The molecular weight excluding hydrogens is 356 g/mol. The fourth-order valence-corrected chi connectivity index (χ4v) is 3.49. The summed E-state index contributed by atoms with van der Waals surface area (Å²) in [6.07, 6.45) is 5.24. The lowest BCUT2D eigenvalue weighted by Gasteiger charge is -2.34. The molecule has 0 aliphatic carbocycles. The smallest absolute Gasteiger partial charge is 0.271 e. The third-order valence-corrected chi connectivity index (χ3v) is 4.92. The van der Waals surface area contributed by atoms with Gasteiger partial charge in [0, 0.05) is 29.9 Å². The van der Waals surface area contributed by atoms with Crippen LogP contribution >= 0.6 is 0 Å². The highest BCUT2D eigenvalue weighted by molar-refractivity contribution is 5.97. The molecule has 140 valence electrons. The molecule has 1 aliphatic rings. The van der Waals surface area contributed by atoms with Crippen LogP contribution in [0.25, 0.3) is 22.3 Å². The second kappa shape index (κ2) is 6.90. The molecule has 0 unspecified atom stereocenters. The summed E-state index contributed by atoms with van der Waals surface area (Å²) in [7, 11) is 0. The molecule has 8 nitrogen and oxygen atoms in total. The Kier molecular flexibility index (Phi) is 4.10. The lowest BCUT2D eigenvalue weighted by Crippen LogP contribution is -2.43. The van der Waals surface area contributed by atoms with Gasteiger partial charge in [0.05, 0.1) is 36.8 Å². The van der Waals surface area contributed by atoms with Crippen molar-refractivity contribution < 1.29 is 9.53 Å². The standard InChI is InChI=1S/C20H18N6O2/c27-20(26-7-8-28-12-18(26)16-3-1-2-6-21-16)17-9-13-4-5-15(24-19(13)25-17)14-10-22-23-11-14/h1-6,9-11,18H,7-8,12H2,(H,22,23)(H,24,25)/t18-/m1/s1. The lowest BCUT2D eigenvalue weighted by atomic mass is 10.1. The number of H-pyrrole nitrogens is 2. The maximum absolute atomic E-state index is 13.2. The van der Waals surface area contributed by atoms with Crippen molar-refractivity contribution in [3.05, 3.63) is 66.4 Å². The number of rotatable bonds is 3. The van der Waals surface area contributed by atoms with Gasteiger partial charge in [0.15, 0.2) is 0 Å². The fraction of sp³-hybridized carbons (Fsp3) is 0.200. The van der Waals surface area contributed by atoms with E-state index in [1.165, 1.54) is 0 Å². The Morgan fingerprint density at radius 2 is 2.21 bits per heavy atom. The average Bonchev–Trinajstić information content (AvgIpc) is 3.43. The Bertz CT molecular complexity index is 1110. The van der Waals surface area contributed by atoms with E-state index >= 15 is 0 Å². The number of amides is 1. The molecule has 8 heteroatoms. The minimum Gasteiger partial charge on any atom is -0.377 e. The van der Waals surface area contributed by atoms with Gasteiger partial charge in [-0.25, -0.2) is 4.98 Å². The summed E-state index contributed by atoms with van der Waals surface area (Å²) >= 11 is 0. The maximum atomic E-state index is 13.2. The molecule has 5 rings (SSSR count). The summed E-state index contributed by atoms with van der Waals surface area (Å²) in [4.78, 5) is 27.2. The van der Waals surface area contributed by atoms with E-state index in [-0.39, 0.29) is 11.9 Å². The van der Waals surface area contributed by atoms with E-state index in [4.69, 9.17) is 4.74 Å². The van der Waals surface area contributed by atoms with Crippen LogP contribution < -0.4 is 0 Å². The molecule has 1 atom stereocenters. The summed E-state index contributed by atoms with van der Waals surface area (Å²) in [6.45, 7) is 1.47. The van der Waals surface area contributed by atoms with Crippen molar-refractivity contribution in [1.29, 1.82) is 0 Å². The maximum Gasteiger partial charge on any atom is 0.271 e. The summed E-state index contributed by atoms with van der Waals surface area (Å²) < 4.78 is 5.60. The summed E-state index contributed by atoms with van der Waals surface area (Å²) in [6, 6.07) is 11.2. The van der Waals surface area contributed by atoms with Crippen molar-refractivity contribution >= 4 is 16.9 Å². The van der Waals surface area contributed by atoms with Crippen molar-refractivity contribution in [2.75, 3.05) is 19.8 Å². The number of nitrogens with zero attached hydrogens (tertiary/aromatic N) is 4. The third kappa shape index (κ3) is 2.93. The second-order valence-corrected chi connectivity index (χ2v) is 6.65. The van der Waals surface area contributed by atoms with Crippen molar-refractivity contribution in [3.8, 4) is 11.3 Å². The number of morpholine rings is 1. The summed E-state index contributed by atoms with van der Waals surface area (Å²) in [5.41, 5.74) is 3.69. The number of aromatic nitrogens is 5. The van der Waals surface area contributed by atoms with Gasteiger partial charge in [-0.1, -0.05) is 6.07 Å². The zero-order valence-corrected chi connectivity index (χ0v) is 15.0. The van der Waals surface area contributed by atoms with Gasteiger partial charge in [-0.05, 0) is 30.3 Å². The predicted molar refractivity (Wildman–Crippen MR) is 103 cm³/mol. The van der Waals surface area contributed by atoms with Gasteiger partial charge in [-0.15, -0.1) is 0 Å². The first-order chi connectivity index (χ1) is 13.8. The van der Waals surface area contributed by atoms with Crippen LogP contribution in [0.15, 0.2) is 55.0 Å². The molecule has 2 N–H and O–H groups in total. The van der Waals surface area contributed by atoms with E-state index in [1.807, 2.05) is 41.3 Å². The van der Waals surface area contributed by atoms with Gasteiger partial charge in [0.1, 0.15) is 11.3 Å². The van der Waals surface area contributed by atoms with Crippen molar-refractivity contribution in [3.63, 3.8) is 0 Å². The monoisotopic (exact) mass is 374 g/mol. The van der Waals surface area contributed by atoms with Gasteiger partial charge in [0.2, 0.25) is 0 Å². The molecule has 1 saturated heterocycles. The summed E-state index contributed by atoms with van der Waals surface area (Å²) in [5, 5.41) is 7.63. The van der Waals surface area contributed by atoms with E-state index in [2.05, 4.69) is 25.1 Å². The minimum atomic E-state index is -0.205. The van der Waals surface area contributed by atoms with Crippen molar-refractivity contribution in [2.45, 2.75) is 6.04 Å². The molecule has 0 saturated carbocycles. The number of ether oxygens (including phenoxy) is 1. The largest absolute Gasteiger partial charge is 0.377 e. The van der Waals surface area contributed by atoms with Gasteiger partial charge < -0.3 is 14.6 Å². The summed E-state index contributed by atoms with van der Waals surface area (Å²) in [5.74, 6) is -0.0817. The number of carbonyl (C=O) groups excluding carboxylic acids is 1. The Hall–Kier alpha value is -3.52. The average molecular weight is 374 g/mol. The Labute approximate surface area is 160 Å². The van der Waals surface area contributed by atoms with Gasteiger partial charge in [-0.3, -0.25) is 14.9 Å². The van der Waals surface area contributed by atoms with Crippen molar-refractivity contribution in [1.82, 2.24) is 30.0 Å². The molecule has 0 bridgehead atoms. The number of fused-ring (bicyclic) bond motifs is 1. The van der Waals surface area contributed by atoms with Gasteiger partial charge >= 0.3 is 0 Å². The number of hydrogen-bond acceptors (Lipinski definition) is 5. The quantitative estimate of drug-likeness (QED) is 0.574. The Balaban J connectivity index is 1.47. The zero-order valence-electron chi connectivity index (χ0n) is 15.0. The fourth-order valence-electron chi connectivity index (χ4n) is 3.49. The first-order valence-corrected chi connectivity index (χ1v) is 9.08. The molecule has 5 heterocycles. The van der Waals surface area contributed by atoms with Crippen LogP contribution in [0.3, 0.4) is 0 Å². The predicted octanol–water partition coefficient (Wildman–Crippen LogP) is 2.56. The molecule has 1 aliphatic heterocycles. The van der Waals surface area contributed by atoms with E-state index in [1.54, 1.807) is 18.6 Å². The molecular formula is C20H18N6O2. The molecule has 1 amide bonds. The number of hydrogen-bond donors (Lipinski definition) is 2. The number of carbonyl (C=O) groups is 1. The topological polar surface area (TPSA) is 99.8 Å². The van der Waals surface area contributed by atoms with Crippen molar-refractivity contribution in [2.24, 2.45) is 0 Å². The minimum absolute atomic E-state index is 0.0817. The van der Waals surface area contributed by atoms with Crippen LogP contribution in [0.2, 0.25) is 0 Å². The molecule has 4 aromatic heterocycles. The SMILES string of the molecule is O=C(c1cc2ccc(-c3cn[nH]c3)nc2[nH]1)N1CCOC[C@@H]1c1ccccn1. The molecule has 28 heavy (non-hydrogen) atoms. The van der Waals surface area contributed by atoms with Crippen LogP contribution in [-0.2, 0) is 4.74 Å². The third-order valence-electron chi connectivity index (χ3n) is 4.92. The lowest BCUT2D eigenvalue weighted by molar-refractivity contribution is -0.00415. The number of pyridine rings is 2. The highest BCUT2D eigenvalue weighted by Gasteiger charge is 2.31. The molecule has 0 aromatic carbocycles. The molecule has 4 aromatic rings. The van der Waals surface area contributed by atoms with E-state index < -0.39 is 0 Å². The molecule has 1 fully saturated rings. The van der Waals surface area contributed by atoms with Gasteiger partial charge in [-0.2, -0.15) is 5.10 Å². The highest BCUT2D eigenvalue weighted by atomic mass is 16.5. The van der Waals surface area contributed by atoms with E-state index in [0.717, 1.165) is 22.3 Å². The first-order valence-electron chi connectivity index (χ1n) is 9.08. The van der Waals surface area contributed by atoms with Crippen LogP contribution in [-0.4, -0.2) is 55.7 Å². The van der Waals surface area contributed by atoms with Gasteiger partial charge in [0.25, 0.3) is 5.91 Å². The van der Waals surface area contributed by atoms with E-state index in [0.29, 0.717) is 31.1 Å². The van der Waals surface area contributed by atoms with Crippen LogP contribution in [0.4, 0.5) is 0 Å². The Morgan fingerprint density at radius 3 is 3.04 bits per heavy atom. The van der Waals surface area contributed by atoms with E-state index in [9.17, 15) is 4.79 Å². The number of nitrogens with one attached hydrogen (secondary N) is 2. The zero-order chi connectivity index (χ0) is 18.9. The highest BCUT2D eigenvalue weighted by Crippen LogP contribution is 2.26. The number of aromatic amines is 2. The second-order valence-electron chi connectivity index (χ2n) is 6.65.